The molecule has 0 unspecified atom stereocenters. The minimum absolute atomic E-state index is 0.179. The van der Waals surface area contributed by atoms with E-state index in [4.69, 9.17) is 16.3 Å². The third-order valence-electron chi connectivity index (χ3n) is 1.93. The zero-order valence-electron chi connectivity index (χ0n) is 9.43. The van der Waals surface area contributed by atoms with E-state index in [2.05, 4.69) is 11.9 Å². The molecule has 0 bridgehead atoms. The zero-order valence-corrected chi connectivity index (χ0v) is 10.2. The van der Waals surface area contributed by atoms with Crippen LogP contribution in [0.1, 0.15) is 6.92 Å². The Labute approximate surface area is 104 Å². The largest absolute Gasteiger partial charge is 0.463 e. The van der Waals surface area contributed by atoms with Crippen LogP contribution in [0.5, 0.6) is 0 Å². The molecule has 1 N–H and O–H groups in total. The van der Waals surface area contributed by atoms with Crippen molar-refractivity contribution >= 4 is 23.3 Å². The number of carbonyl (C=O) groups is 1. The van der Waals surface area contributed by atoms with Crippen molar-refractivity contribution in [1.29, 1.82) is 0 Å². The fraction of sp³-hybridized carbons (Fsp3) is 0.250. The second kappa shape index (κ2) is 6.25. The second-order valence-electron chi connectivity index (χ2n) is 3.34. The SMILES string of the molecule is C=C(CNc1cc(F)cc(Cl)c1)C(=O)OCC. The lowest BCUT2D eigenvalue weighted by Crippen LogP contribution is -2.14. The summed E-state index contributed by atoms with van der Waals surface area (Å²) in [6, 6.07) is 4.04. The van der Waals surface area contributed by atoms with Crippen molar-refractivity contribution in [1.82, 2.24) is 0 Å². The first-order valence-corrected chi connectivity index (χ1v) is 5.45. The van der Waals surface area contributed by atoms with Crippen molar-refractivity contribution < 1.29 is 13.9 Å². The monoisotopic (exact) mass is 257 g/mol. The van der Waals surface area contributed by atoms with E-state index in [1.54, 1.807) is 13.0 Å². The Kier molecular flexibility index (Phi) is 4.97. The van der Waals surface area contributed by atoms with Crippen molar-refractivity contribution in [2.24, 2.45) is 0 Å². The Bertz CT molecular complexity index is 414. The molecule has 0 radical (unpaired) electrons. The highest BCUT2D eigenvalue weighted by molar-refractivity contribution is 6.30. The van der Waals surface area contributed by atoms with E-state index in [0.29, 0.717) is 12.3 Å². The molecule has 0 aliphatic heterocycles. The lowest BCUT2D eigenvalue weighted by molar-refractivity contribution is -0.138. The van der Waals surface area contributed by atoms with Gasteiger partial charge in [0.2, 0.25) is 0 Å². The van der Waals surface area contributed by atoms with Gasteiger partial charge < -0.3 is 10.1 Å². The van der Waals surface area contributed by atoms with E-state index in [9.17, 15) is 9.18 Å². The number of anilines is 1. The summed E-state index contributed by atoms with van der Waals surface area (Å²) in [5, 5.41) is 3.13. The molecule has 5 heteroatoms. The van der Waals surface area contributed by atoms with Gasteiger partial charge in [0.05, 0.1) is 6.61 Å². The summed E-state index contributed by atoms with van der Waals surface area (Å²) < 4.78 is 17.8. The first-order chi connectivity index (χ1) is 8.02. The van der Waals surface area contributed by atoms with Crippen molar-refractivity contribution in [2.75, 3.05) is 18.5 Å². The van der Waals surface area contributed by atoms with Gasteiger partial charge in [0.1, 0.15) is 5.82 Å². The zero-order chi connectivity index (χ0) is 12.8. The average molecular weight is 258 g/mol. The molecule has 0 fully saturated rings. The molecule has 0 saturated heterocycles. The first-order valence-electron chi connectivity index (χ1n) is 5.07. The van der Waals surface area contributed by atoms with Gasteiger partial charge in [0.15, 0.2) is 0 Å². The van der Waals surface area contributed by atoms with Crippen LogP contribution in [0.3, 0.4) is 0 Å². The van der Waals surface area contributed by atoms with Crippen LogP contribution in [0.2, 0.25) is 5.02 Å². The molecular weight excluding hydrogens is 245 g/mol. The quantitative estimate of drug-likeness (QED) is 0.651. The number of hydrogen-bond donors (Lipinski definition) is 1. The number of esters is 1. The van der Waals surface area contributed by atoms with E-state index < -0.39 is 11.8 Å². The lowest BCUT2D eigenvalue weighted by Gasteiger charge is -2.08. The molecule has 0 aromatic heterocycles. The van der Waals surface area contributed by atoms with Crippen LogP contribution in [0, 0.1) is 5.82 Å². The van der Waals surface area contributed by atoms with Gasteiger partial charge in [-0.2, -0.15) is 0 Å². The van der Waals surface area contributed by atoms with Gasteiger partial charge >= 0.3 is 5.97 Å². The highest BCUT2D eigenvalue weighted by Gasteiger charge is 2.07. The predicted molar refractivity (Wildman–Crippen MR) is 65.7 cm³/mol. The molecule has 92 valence electrons. The van der Waals surface area contributed by atoms with Crippen molar-refractivity contribution in [3.63, 3.8) is 0 Å². The maximum Gasteiger partial charge on any atom is 0.335 e. The molecule has 17 heavy (non-hydrogen) atoms. The molecule has 0 saturated carbocycles. The highest BCUT2D eigenvalue weighted by Crippen LogP contribution is 2.18. The summed E-state index contributed by atoms with van der Waals surface area (Å²) in [6.45, 7) is 5.76. The van der Waals surface area contributed by atoms with E-state index in [1.165, 1.54) is 12.1 Å². The van der Waals surface area contributed by atoms with Gasteiger partial charge in [-0.1, -0.05) is 18.2 Å². The topological polar surface area (TPSA) is 38.3 Å². The Morgan fingerprint density at radius 1 is 1.53 bits per heavy atom. The molecule has 1 rings (SSSR count). The van der Waals surface area contributed by atoms with Crippen LogP contribution >= 0.6 is 11.6 Å². The van der Waals surface area contributed by atoms with Crippen LogP contribution in [0.15, 0.2) is 30.4 Å². The minimum Gasteiger partial charge on any atom is -0.463 e. The van der Waals surface area contributed by atoms with Crippen molar-refractivity contribution in [2.45, 2.75) is 6.92 Å². The number of nitrogens with one attached hydrogen (secondary N) is 1. The summed E-state index contributed by atoms with van der Waals surface area (Å²) >= 11 is 5.68. The van der Waals surface area contributed by atoms with Crippen LogP contribution in [-0.2, 0) is 9.53 Å². The Hall–Kier alpha value is -1.55. The molecule has 3 nitrogen and oxygen atoms in total. The maximum absolute atomic E-state index is 13.0. The second-order valence-corrected chi connectivity index (χ2v) is 3.77. The minimum atomic E-state index is -0.470. The number of carbonyl (C=O) groups excluding carboxylic acids is 1. The molecular formula is C12H13ClFNO2. The van der Waals surface area contributed by atoms with Gasteiger partial charge in [0.25, 0.3) is 0 Å². The van der Waals surface area contributed by atoms with E-state index in [1.807, 2.05) is 0 Å². The average Bonchev–Trinajstić information content (AvgIpc) is 2.25. The summed E-state index contributed by atoms with van der Waals surface area (Å²) in [7, 11) is 0. The summed E-state index contributed by atoms with van der Waals surface area (Å²) in [4.78, 5) is 11.2. The van der Waals surface area contributed by atoms with Gasteiger partial charge in [-0.05, 0) is 25.1 Å². The normalized spacial score (nSPS) is 9.82. The Balaban J connectivity index is 2.55. The van der Waals surface area contributed by atoms with E-state index in [-0.39, 0.29) is 17.1 Å². The molecule has 1 aromatic carbocycles. The van der Waals surface area contributed by atoms with Gasteiger partial charge in [0, 0.05) is 22.8 Å². The van der Waals surface area contributed by atoms with Gasteiger partial charge in [-0.15, -0.1) is 0 Å². The molecule has 0 atom stereocenters. The number of benzene rings is 1. The molecule has 0 heterocycles. The van der Waals surface area contributed by atoms with Crippen LogP contribution in [0.4, 0.5) is 10.1 Å². The molecule has 0 aliphatic rings. The lowest BCUT2D eigenvalue weighted by atomic mass is 10.2. The maximum atomic E-state index is 13.0. The predicted octanol–water partition coefficient (Wildman–Crippen LogP) is 3.01. The fourth-order valence-corrected chi connectivity index (χ4v) is 1.39. The summed E-state index contributed by atoms with van der Waals surface area (Å²) in [5.41, 5.74) is 0.757. The molecule has 0 aliphatic carbocycles. The highest BCUT2D eigenvalue weighted by atomic mass is 35.5. The van der Waals surface area contributed by atoms with E-state index in [0.717, 1.165) is 0 Å². The standard InChI is InChI=1S/C12H13ClFNO2/c1-3-17-12(16)8(2)7-15-11-5-9(13)4-10(14)6-11/h4-6,15H,2-3,7H2,1H3. The van der Waals surface area contributed by atoms with Crippen LogP contribution < -0.4 is 5.32 Å². The van der Waals surface area contributed by atoms with Gasteiger partial charge in [-0.3, -0.25) is 0 Å². The van der Waals surface area contributed by atoms with Crippen molar-refractivity contribution in [3.8, 4) is 0 Å². The third-order valence-corrected chi connectivity index (χ3v) is 2.15. The molecule has 0 spiro atoms. The summed E-state index contributed by atoms with van der Waals surface area (Å²) in [5.74, 6) is -0.913. The molecule has 0 amide bonds. The first kappa shape index (κ1) is 13.5. The fourth-order valence-electron chi connectivity index (χ4n) is 1.17. The Morgan fingerprint density at radius 2 is 2.24 bits per heavy atom. The van der Waals surface area contributed by atoms with Crippen molar-refractivity contribution in [3.05, 3.63) is 41.2 Å². The number of rotatable bonds is 5. The number of halogens is 2. The smallest absolute Gasteiger partial charge is 0.335 e. The summed E-state index contributed by atoms with van der Waals surface area (Å²) in [6.07, 6.45) is 0. The van der Waals surface area contributed by atoms with Gasteiger partial charge in [-0.25, -0.2) is 9.18 Å². The number of ether oxygens (including phenoxy) is 1. The molecule has 1 aromatic rings. The van der Waals surface area contributed by atoms with Crippen LogP contribution in [0.25, 0.3) is 0 Å². The van der Waals surface area contributed by atoms with Crippen LogP contribution in [-0.4, -0.2) is 19.1 Å². The number of hydrogen-bond acceptors (Lipinski definition) is 3. The van der Waals surface area contributed by atoms with E-state index >= 15 is 0 Å². The third kappa shape index (κ3) is 4.44. The Morgan fingerprint density at radius 3 is 2.82 bits per heavy atom.